The molecule has 2 N–H and O–H groups in total. The lowest BCUT2D eigenvalue weighted by atomic mass is 9.99. The van der Waals surface area contributed by atoms with E-state index in [2.05, 4.69) is 19.9 Å². The van der Waals surface area contributed by atoms with Gasteiger partial charge in [-0.25, -0.2) is 17.7 Å². The van der Waals surface area contributed by atoms with Crippen molar-refractivity contribution in [1.82, 2.24) is 24.2 Å². The van der Waals surface area contributed by atoms with Gasteiger partial charge in [0.1, 0.15) is 0 Å². The molecule has 2 aliphatic heterocycles. The van der Waals surface area contributed by atoms with E-state index in [4.69, 9.17) is 15.2 Å². The summed E-state index contributed by atoms with van der Waals surface area (Å²) in [5.74, 6) is 1.26. The lowest BCUT2D eigenvalue weighted by Gasteiger charge is -2.30. The molecule has 13 heteroatoms. The molecule has 0 aromatic carbocycles. The van der Waals surface area contributed by atoms with Crippen LogP contribution in [0.15, 0.2) is 6.20 Å². The number of nitrogen functional groups attached to an aromatic ring is 1. The molecule has 0 atom stereocenters. The smallest absolute Gasteiger partial charge is 0.321 e. The summed E-state index contributed by atoms with van der Waals surface area (Å²) in [6.07, 6.45) is 4.37. The van der Waals surface area contributed by atoms with E-state index in [1.54, 1.807) is 6.20 Å². The van der Waals surface area contributed by atoms with Crippen molar-refractivity contribution in [3.8, 4) is 16.7 Å². The molecule has 11 nitrogen and oxygen atoms in total. The number of hydrogen-bond donors (Lipinski definition) is 1. The van der Waals surface area contributed by atoms with Gasteiger partial charge in [-0.15, -0.1) is 0 Å². The first kappa shape index (κ1) is 21.2. The van der Waals surface area contributed by atoms with Crippen molar-refractivity contribution in [2.75, 3.05) is 62.9 Å². The van der Waals surface area contributed by atoms with Gasteiger partial charge in [0.2, 0.25) is 16.0 Å². The fourth-order valence-electron chi connectivity index (χ4n) is 3.42. The van der Waals surface area contributed by atoms with E-state index in [9.17, 15) is 8.42 Å². The maximum atomic E-state index is 11.7. The van der Waals surface area contributed by atoms with Gasteiger partial charge in [0.25, 0.3) is 0 Å². The normalized spacial score (nSPS) is 19.2. The van der Waals surface area contributed by atoms with Gasteiger partial charge in [0.15, 0.2) is 11.0 Å². The molecule has 0 spiro atoms. The molecule has 4 heterocycles. The molecule has 30 heavy (non-hydrogen) atoms. The monoisotopic (exact) mass is 455 g/mol. The minimum atomic E-state index is -3.14. The average molecular weight is 456 g/mol. The van der Waals surface area contributed by atoms with E-state index in [1.807, 2.05) is 4.90 Å². The van der Waals surface area contributed by atoms with E-state index in [0.29, 0.717) is 62.9 Å². The molecule has 0 aliphatic carbocycles. The highest BCUT2D eigenvalue weighted by Crippen LogP contribution is 2.28. The molecule has 4 rings (SSSR count). The number of nitrogens with zero attached hydrogens (tertiary/aromatic N) is 6. The average Bonchev–Trinajstić information content (AvgIpc) is 3.19. The van der Waals surface area contributed by atoms with Gasteiger partial charge in [-0.3, -0.25) is 0 Å². The van der Waals surface area contributed by atoms with Gasteiger partial charge >= 0.3 is 6.01 Å². The maximum Gasteiger partial charge on any atom is 0.321 e. The first-order valence-electron chi connectivity index (χ1n) is 9.77. The second kappa shape index (κ2) is 8.96. The minimum absolute atomic E-state index is 0.245. The number of hydrogen-bond acceptors (Lipinski definition) is 11. The zero-order chi connectivity index (χ0) is 21.1. The molecule has 2 aromatic heterocycles. The number of sulfonamides is 1. The number of morpholine rings is 1. The Bertz CT molecular complexity index is 970. The second-order valence-corrected chi connectivity index (χ2v) is 10.4. The molecule has 0 radical (unpaired) electrons. The highest BCUT2D eigenvalue weighted by Gasteiger charge is 2.26. The van der Waals surface area contributed by atoms with Crippen molar-refractivity contribution in [2.45, 2.75) is 12.8 Å². The van der Waals surface area contributed by atoms with Crippen LogP contribution in [-0.2, 0) is 14.8 Å². The summed E-state index contributed by atoms with van der Waals surface area (Å²) in [5.41, 5.74) is 5.76. The van der Waals surface area contributed by atoms with Crippen LogP contribution in [0.2, 0.25) is 0 Å². The third-order valence-corrected chi connectivity index (χ3v) is 7.26. The predicted molar refractivity (Wildman–Crippen MR) is 113 cm³/mol. The Morgan fingerprint density at radius 1 is 1.20 bits per heavy atom. The van der Waals surface area contributed by atoms with Crippen molar-refractivity contribution in [3.05, 3.63) is 6.20 Å². The van der Waals surface area contributed by atoms with E-state index in [0.717, 1.165) is 17.7 Å². The number of nitrogens with two attached hydrogens (primary N) is 1. The third kappa shape index (κ3) is 5.14. The van der Waals surface area contributed by atoms with E-state index < -0.39 is 10.0 Å². The fraction of sp³-hybridized carbons (Fsp3) is 0.647. The Morgan fingerprint density at radius 2 is 1.93 bits per heavy atom. The van der Waals surface area contributed by atoms with E-state index >= 15 is 0 Å². The zero-order valence-electron chi connectivity index (χ0n) is 16.7. The quantitative estimate of drug-likeness (QED) is 0.654. The minimum Gasteiger partial charge on any atom is -0.463 e. The summed E-state index contributed by atoms with van der Waals surface area (Å²) in [5, 5.41) is 0.443. The zero-order valence-corrected chi connectivity index (χ0v) is 18.4. The first-order chi connectivity index (χ1) is 14.4. The summed E-state index contributed by atoms with van der Waals surface area (Å²) in [4.78, 5) is 20.4. The standard InChI is InChI=1S/C17H25N7O4S2/c1-30(25,26)24-4-2-12(3-5-24)11-28-17-21-14(13-10-19-15(18)29-13)20-16(22-17)23-6-8-27-9-7-23/h10,12H,2-9,11H2,1H3,(H2,18,19). The third-order valence-electron chi connectivity index (χ3n) is 5.13. The number of anilines is 2. The molecule has 0 saturated carbocycles. The largest absolute Gasteiger partial charge is 0.463 e. The topological polar surface area (TPSA) is 137 Å². The summed E-state index contributed by atoms with van der Waals surface area (Å²) >= 11 is 1.31. The van der Waals surface area contributed by atoms with Gasteiger partial charge in [0, 0.05) is 26.2 Å². The van der Waals surface area contributed by atoms with E-state index in [1.165, 1.54) is 21.9 Å². The Balaban J connectivity index is 1.48. The Kier molecular flexibility index (Phi) is 6.32. The number of aromatic nitrogens is 4. The lowest BCUT2D eigenvalue weighted by molar-refractivity contribution is 0.121. The number of piperidine rings is 1. The Labute approximate surface area is 179 Å². The molecular formula is C17H25N7O4S2. The summed E-state index contributed by atoms with van der Waals surface area (Å²) in [7, 11) is -3.14. The molecule has 0 amide bonds. The molecular weight excluding hydrogens is 430 g/mol. The van der Waals surface area contributed by atoms with Gasteiger partial charge in [-0.2, -0.15) is 15.0 Å². The molecule has 0 bridgehead atoms. The van der Waals surface area contributed by atoms with Crippen LogP contribution >= 0.6 is 11.3 Å². The van der Waals surface area contributed by atoms with Crippen LogP contribution in [0.1, 0.15) is 12.8 Å². The van der Waals surface area contributed by atoms with Crippen LogP contribution in [-0.4, -0.2) is 84.9 Å². The van der Waals surface area contributed by atoms with Crippen LogP contribution < -0.4 is 15.4 Å². The van der Waals surface area contributed by atoms with Gasteiger partial charge in [-0.05, 0) is 18.8 Å². The highest BCUT2D eigenvalue weighted by atomic mass is 32.2. The van der Waals surface area contributed by atoms with Crippen LogP contribution in [0.5, 0.6) is 6.01 Å². The summed E-state index contributed by atoms with van der Waals surface area (Å²) < 4.78 is 36.2. The fourth-order valence-corrected chi connectivity index (χ4v) is 4.91. The van der Waals surface area contributed by atoms with Gasteiger partial charge in [-0.1, -0.05) is 11.3 Å². The van der Waals surface area contributed by atoms with Crippen molar-refractivity contribution < 1.29 is 17.9 Å². The molecule has 164 valence electrons. The van der Waals surface area contributed by atoms with Crippen LogP contribution in [0.25, 0.3) is 10.7 Å². The molecule has 0 unspecified atom stereocenters. The predicted octanol–water partition coefficient (Wildman–Crippen LogP) is 0.464. The van der Waals surface area contributed by atoms with Crippen LogP contribution in [0.4, 0.5) is 11.1 Å². The number of ether oxygens (including phenoxy) is 2. The van der Waals surface area contributed by atoms with Crippen molar-refractivity contribution in [1.29, 1.82) is 0 Å². The lowest BCUT2D eigenvalue weighted by Crippen LogP contribution is -2.39. The number of rotatable bonds is 6. The Hall–Kier alpha value is -2.09. The number of thiazole rings is 1. The van der Waals surface area contributed by atoms with Crippen molar-refractivity contribution in [3.63, 3.8) is 0 Å². The summed E-state index contributed by atoms with van der Waals surface area (Å²) in [6, 6.07) is 0.249. The second-order valence-electron chi connectivity index (χ2n) is 7.32. The highest BCUT2D eigenvalue weighted by molar-refractivity contribution is 7.88. The first-order valence-corrected chi connectivity index (χ1v) is 12.4. The summed E-state index contributed by atoms with van der Waals surface area (Å²) in [6.45, 7) is 4.06. The van der Waals surface area contributed by atoms with Gasteiger partial charge in [0.05, 0.1) is 37.2 Å². The van der Waals surface area contributed by atoms with Gasteiger partial charge < -0.3 is 20.1 Å². The molecule has 2 saturated heterocycles. The van der Waals surface area contributed by atoms with Crippen LogP contribution in [0, 0.1) is 5.92 Å². The van der Waals surface area contributed by atoms with Crippen molar-refractivity contribution >= 4 is 32.4 Å². The Morgan fingerprint density at radius 3 is 2.57 bits per heavy atom. The molecule has 2 aromatic rings. The van der Waals surface area contributed by atoms with Crippen molar-refractivity contribution in [2.24, 2.45) is 5.92 Å². The molecule has 2 aliphatic rings. The SMILES string of the molecule is CS(=O)(=O)N1CCC(COc2nc(-c3cnc(N)s3)nc(N3CCOCC3)n2)CC1. The van der Waals surface area contributed by atoms with E-state index in [-0.39, 0.29) is 11.9 Å². The molecule has 2 fully saturated rings. The maximum absolute atomic E-state index is 11.7. The van der Waals surface area contributed by atoms with Crippen LogP contribution in [0.3, 0.4) is 0 Å².